The summed E-state index contributed by atoms with van der Waals surface area (Å²) in [6.45, 7) is 5.95. The maximum absolute atomic E-state index is 12.2. The van der Waals surface area contributed by atoms with E-state index in [1.807, 2.05) is 6.07 Å². The van der Waals surface area contributed by atoms with Crippen molar-refractivity contribution < 1.29 is 9.53 Å². The van der Waals surface area contributed by atoms with Crippen LogP contribution in [0.1, 0.15) is 18.4 Å². The van der Waals surface area contributed by atoms with Crippen molar-refractivity contribution >= 4 is 5.91 Å². The predicted molar refractivity (Wildman–Crippen MR) is 90.1 cm³/mol. The number of hydrogen-bond donors (Lipinski definition) is 2. The zero-order valence-corrected chi connectivity index (χ0v) is 13.7. The van der Waals surface area contributed by atoms with Gasteiger partial charge in [-0.2, -0.15) is 0 Å². The number of morpholine rings is 1. The minimum atomic E-state index is 0.0907. The number of rotatable bonds is 5. The van der Waals surface area contributed by atoms with Crippen LogP contribution in [0.25, 0.3) is 0 Å². The normalized spacial score (nSPS) is 25.9. The Morgan fingerprint density at radius 3 is 3.00 bits per heavy atom. The van der Waals surface area contributed by atoms with Crippen LogP contribution in [-0.4, -0.2) is 56.2 Å². The molecule has 0 saturated carbocycles. The molecule has 1 aromatic rings. The first-order valence-corrected chi connectivity index (χ1v) is 8.67. The van der Waals surface area contributed by atoms with E-state index in [0.717, 1.165) is 52.2 Å². The van der Waals surface area contributed by atoms with Gasteiger partial charge in [-0.3, -0.25) is 9.69 Å². The quantitative estimate of drug-likeness (QED) is 0.851. The Kier molecular flexibility index (Phi) is 6.02. The molecule has 0 spiro atoms. The summed E-state index contributed by atoms with van der Waals surface area (Å²) in [5.41, 5.74) is 1.32. The Morgan fingerprint density at radius 2 is 2.22 bits per heavy atom. The summed E-state index contributed by atoms with van der Waals surface area (Å²) in [4.78, 5) is 14.6. The molecule has 0 aromatic heterocycles. The second kappa shape index (κ2) is 8.43. The number of nitrogens with one attached hydrogen (secondary N) is 2. The average Bonchev–Trinajstić information content (AvgIpc) is 2.62. The van der Waals surface area contributed by atoms with E-state index in [2.05, 4.69) is 39.8 Å². The number of ether oxygens (including phenoxy) is 1. The summed E-state index contributed by atoms with van der Waals surface area (Å²) in [6.07, 6.45) is 2.17. The largest absolute Gasteiger partial charge is 0.374 e. The standard InChI is InChI=1S/C18H27N3O2/c22-18(16-7-4-8-19-11-16)20-12-17-14-21(9-10-23-17)13-15-5-2-1-3-6-15/h1-3,5-6,16-17,19H,4,7-14H2,(H,20,22)/t16-,17?/m1/s1. The van der Waals surface area contributed by atoms with Gasteiger partial charge in [0.05, 0.1) is 18.6 Å². The molecule has 2 atom stereocenters. The van der Waals surface area contributed by atoms with Crippen LogP contribution in [0.2, 0.25) is 0 Å². The van der Waals surface area contributed by atoms with Crippen LogP contribution in [0.5, 0.6) is 0 Å². The fourth-order valence-electron chi connectivity index (χ4n) is 3.32. The highest BCUT2D eigenvalue weighted by Gasteiger charge is 2.24. The Labute approximate surface area is 138 Å². The molecule has 2 aliphatic heterocycles. The van der Waals surface area contributed by atoms with Gasteiger partial charge in [-0.25, -0.2) is 0 Å². The molecule has 5 nitrogen and oxygen atoms in total. The van der Waals surface area contributed by atoms with Crippen LogP contribution in [0.3, 0.4) is 0 Å². The molecule has 0 aliphatic carbocycles. The zero-order valence-electron chi connectivity index (χ0n) is 13.7. The van der Waals surface area contributed by atoms with Gasteiger partial charge in [-0.1, -0.05) is 30.3 Å². The number of hydrogen-bond acceptors (Lipinski definition) is 4. The maximum atomic E-state index is 12.2. The van der Waals surface area contributed by atoms with E-state index >= 15 is 0 Å². The summed E-state index contributed by atoms with van der Waals surface area (Å²) in [6, 6.07) is 10.5. The smallest absolute Gasteiger partial charge is 0.224 e. The van der Waals surface area contributed by atoms with Crippen molar-refractivity contribution in [3.63, 3.8) is 0 Å². The Bertz CT molecular complexity index is 488. The van der Waals surface area contributed by atoms with Crippen LogP contribution >= 0.6 is 0 Å². The fraction of sp³-hybridized carbons (Fsp3) is 0.611. The monoisotopic (exact) mass is 317 g/mol. The molecule has 0 radical (unpaired) electrons. The van der Waals surface area contributed by atoms with Crippen LogP contribution in [-0.2, 0) is 16.1 Å². The number of carbonyl (C=O) groups is 1. The number of carbonyl (C=O) groups excluding carboxylic acids is 1. The molecule has 5 heteroatoms. The summed E-state index contributed by atoms with van der Waals surface area (Å²) in [5.74, 6) is 0.286. The number of amides is 1. The zero-order chi connectivity index (χ0) is 15.9. The first-order chi connectivity index (χ1) is 11.3. The molecule has 2 heterocycles. The van der Waals surface area contributed by atoms with Gasteiger partial charge in [0.1, 0.15) is 0 Å². The second-order valence-corrected chi connectivity index (χ2v) is 6.50. The molecular weight excluding hydrogens is 290 g/mol. The van der Waals surface area contributed by atoms with E-state index in [0.29, 0.717) is 6.54 Å². The second-order valence-electron chi connectivity index (χ2n) is 6.50. The predicted octanol–water partition coefficient (Wildman–Crippen LogP) is 1.00. The molecule has 1 unspecified atom stereocenters. The van der Waals surface area contributed by atoms with Gasteiger partial charge in [0.15, 0.2) is 0 Å². The first kappa shape index (κ1) is 16.4. The van der Waals surface area contributed by atoms with E-state index in [1.165, 1.54) is 5.56 Å². The SMILES string of the molecule is O=C(NCC1CN(Cc2ccccc2)CCO1)[C@@H]1CCCNC1. The number of nitrogens with zero attached hydrogens (tertiary/aromatic N) is 1. The molecule has 0 bridgehead atoms. The van der Waals surface area contributed by atoms with Gasteiger partial charge in [-0.15, -0.1) is 0 Å². The van der Waals surface area contributed by atoms with Crippen LogP contribution in [0, 0.1) is 5.92 Å². The minimum Gasteiger partial charge on any atom is -0.374 e. The topological polar surface area (TPSA) is 53.6 Å². The van der Waals surface area contributed by atoms with Gasteiger partial charge < -0.3 is 15.4 Å². The summed E-state index contributed by atoms with van der Waals surface area (Å²) >= 11 is 0. The van der Waals surface area contributed by atoms with E-state index in [1.54, 1.807) is 0 Å². The van der Waals surface area contributed by atoms with Crippen LogP contribution < -0.4 is 10.6 Å². The lowest BCUT2D eigenvalue weighted by atomic mass is 9.99. The lowest BCUT2D eigenvalue weighted by Crippen LogP contribution is -2.49. The van der Waals surface area contributed by atoms with Crippen molar-refractivity contribution in [3.05, 3.63) is 35.9 Å². The third kappa shape index (κ3) is 5.03. The molecule has 2 aliphatic rings. The molecule has 2 fully saturated rings. The fourth-order valence-corrected chi connectivity index (χ4v) is 3.32. The third-order valence-electron chi connectivity index (χ3n) is 4.64. The molecule has 2 saturated heterocycles. The average molecular weight is 317 g/mol. The first-order valence-electron chi connectivity index (χ1n) is 8.67. The van der Waals surface area contributed by atoms with Crippen molar-refractivity contribution in [2.45, 2.75) is 25.5 Å². The summed E-state index contributed by atoms with van der Waals surface area (Å²) in [5, 5.41) is 6.36. The highest BCUT2D eigenvalue weighted by Crippen LogP contribution is 2.12. The van der Waals surface area contributed by atoms with E-state index in [-0.39, 0.29) is 17.9 Å². The van der Waals surface area contributed by atoms with Gasteiger partial charge >= 0.3 is 0 Å². The Morgan fingerprint density at radius 1 is 1.35 bits per heavy atom. The number of benzene rings is 1. The van der Waals surface area contributed by atoms with Crippen molar-refractivity contribution in [1.82, 2.24) is 15.5 Å². The summed E-state index contributed by atoms with van der Waals surface area (Å²) < 4.78 is 5.81. The van der Waals surface area contributed by atoms with Gasteiger partial charge in [-0.05, 0) is 24.9 Å². The highest BCUT2D eigenvalue weighted by atomic mass is 16.5. The molecule has 3 rings (SSSR count). The lowest BCUT2D eigenvalue weighted by Gasteiger charge is -2.33. The Balaban J connectivity index is 1.42. The van der Waals surface area contributed by atoms with Crippen molar-refractivity contribution in [3.8, 4) is 0 Å². The van der Waals surface area contributed by atoms with Gasteiger partial charge in [0.25, 0.3) is 0 Å². The maximum Gasteiger partial charge on any atom is 0.224 e. The van der Waals surface area contributed by atoms with E-state index in [4.69, 9.17) is 4.74 Å². The van der Waals surface area contributed by atoms with E-state index in [9.17, 15) is 4.79 Å². The minimum absolute atomic E-state index is 0.0907. The van der Waals surface area contributed by atoms with Crippen molar-refractivity contribution in [2.75, 3.05) is 39.3 Å². The molecule has 2 N–H and O–H groups in total. The number of piperidine rings is 1. The van der Waals surface area contributed by atoms with Gasteiger partial charge in [0, 0.05) is 32.7 Å². The molecule has 126 valence electrons. The van der Waals surface area contributed by atoms with Crippen molar-refractivity contribution in [1.29, 1.82) is 0 Å². The molecule has 23 heavy (non-hydrogen) atoms. The highest BCUT2D eigenvalue weighted by molar-refractivity contribution is 5.79. The molecule has 1 aromatic carbocycles. The van der Waals surface area contributed by atoms with E-state index < -0.39 is 0 Å². The Hall–Kier alpha value is -1.43. The van der Waals surface area contributed by atoms with Crippen LogP contribution in [0.15, 0.2) is 30.3 Å². The molecule has 1 amide bonds. The van der Waals surface area contributed by atoms with Crippen LogP contribution in [0.4, 0.5) is 0 Å². The lowest BCUT2D eigenvalue weighted by molar-refractivity contribution is -0.126. The summed E-state index contributed by atoms with van der Waals surface area (Å²) in [7, 11) is 0. The third-order valence-corrected chi connectivity index (χ3v) is 4.64. The molecular formula is C18H27N3O2. The van der Waals surface area contributed by atoms with Gasteiger partial charge in [0.2, 0.25) is 5.91 Å². The van der Waals surface area contributed by atoms with Crippen molar-refractivity contribution in [2.24, 2.45) is 5.92 Å².